The average Bonchev–Trinajstić information content (AvgIpc) is 2.60. The molecule has 2 aromatic rings. The molecule has 1 saturated heterocycles. The van der Waals surface area contributed by atoms with Crippen molar-refractivity contribution in [2.24, 2.45) is 0 Å². The molecule has 2 N–H and O–H groups in total. The van der Waals surface area contributed by atoms with Gasteiger partial charge in [0.15, 0.2) is 0 Å². The monoisotopic (exact) mass is 324 g/mol. The molecular formula is C19H24N4O. The number of nitrogens with two attached hydrogens (primary N) is 1. The van der Waals surface area contributed by atoms with Gasteiger partial charge in [0.05, 0.1) is 6.54 Å². The molecule has 24 heavy (non-hydrogen) atoms. The van der Waals surface area contributed by atoms with E-state index in [1.807, 2.05) is 54.6 Å². The molecule has 0 saturated carbocycles. The summed E-state index contributed by atoms with van der Waals surface area (Å²) in [4.78, 5) is 19.3. The summed E-state index contributed by atoms with van der Waals surface area (Å²) < 4.78 is 0. The number of benzene rings is 2. The van der Waals surface area contributed by atoms with Gasteiger partial charge in [0.1, 0.15) is 0 Å². The van der Waals surface area contributed by atoms with Crippen LogP contribution in [-0.2, 0) is 4.79 Å². The van der Waals surface area contributed by atoms with E-state index in [4.69, 9.17) is 5.73 Å². The minimum Gasteiger partial charge on any atom is -0.399 e. The molecule has 1 fully saturated rings. The highest BCUT2D eigenvalue weighted by Gasteiger charge is 2.22. The van der Waals surface area contributed by atoms with Crippen LogP contribution in [0.2, 0.25) is 0 Å². The molecule has 0 aromatic heterocycles. The van der Waals surface area contributed by atoms with E-state index in [1.54, 1.807) is 4.90 Å². The standard InChI is InChI=1S/C19H24N4O/c1-21-11-13-22(14-12-21)15-19(24)23(17-5-3-2-4-6-17)18-9-7-16(20)8-10-18/h2-10H,11-15,20H2,1H3. The molecule has 1 heterocycles. The topological polar surface area (TPSA) is 52.8 Å². The van der Waals surface area contributed by atoms with E-state index in [-0.39, 0.29) is 5.91 Å². The van der Waals surface area contributed by atoms with Crippen LogP contribution in [0.3, 0.4) is 0 Å². The smallest absolute Gasteiger partial charge is 0.245 e. The second-order valence-corrected chi connectivity index (χ2v) is 6.24. The Morgan fingerprint density at radius 2 is 1.54 bits per heavy atom. The van der Waals surface area contributed by atoms with Gasteiger partial charge in [0, 0.05) is 43.2 Å². The van der Waals surface area contributed by atoms with Crippen LogP contribution >= 0.6 is 0 Å². The Hall–Kier alpha value is -2.37. The van der Waals surface area contributed by atoms with Gasteiger partial charge in [-0.25, -0.2) is 0 Å². The molecule has 2 aromatic carbocycles. The Bertz CT molecular complexity index is 664. The zero-order valence-corrected chi connectivity index (χ0v) is 14.1. The lowest BCUT2D eigenvalue weighted by molar-refractivity contribution is -0.119. The Labute approximate surface area is 143 Å². The second kappa shape index (κ2) is 7.47. The zero-order valence-electron chi connectivity index (χ0n) is 14.1. The summed E-state index contributed by atoms with van der Waals surface area (Å²) in [6.07, 6.45) is 0. The van der Waals surface area contributed by atoms with Gasteiger partial charge in [0.25, 0.3) is 0 Å². The van der Waals surface area contributed by atoms with Gasteiger partial charge >= 0.3 is 0 Å². The van der Waals surface area contributed by atoms with Crippen molar-refractivity contribution in [1.82, 2.24) is 9.80 Å². The van der Waals surface area contributed by atoms with Crippen LogP contribution in [0.4, 0.5) is 17.1 Å². The molecule has 126 valence electrons. The van der Waals surface area contributed by atoms with Crippen molar-refractivity contribution >= 4 is 23.0 Å². The summed E-state index contributed by atoms with van der Waals surface area (Å²) in [5.41, 5.74) is 8.20. The van der Waals surface area contributed by atoms with E-state index in [2.05, 4.69) is 16.8 Å². The van der Waals surface area contributed by atoms with E-state index < -0.39 is 0 Å². The molecule has 0 unspecified atom stereocenters. The van der Waals surface area contributed by atoms with Gasteiger partial charge in [-0.2, -0.15) is 0 Å². The van der Waals surface area contributed by atoms with Gasteiger partial charge in [0.2, 0.25) is 5.91 Å². The highest BCUT2D eigenvalue weighted by molar-refractivity contribution is 6.01. The minimum atomic E-state index is 0.0792. The van der Waals surface area contributed by atoms with E-state index in [9.17, 15) is 4.79 Å². The maximum atomic E-state index is 13.0. The van der Waals surface area contributed by atoms with E-state index in [0.29, 0.717) is 12.2 Å². The Morgan fingerprint density at radius 1 is 0.958 bits per heavy atom. The second-order valence-electron chi connectivity index (χ2n) is 6.24. The predicted octanol–water partition coefficient (Wildman–Crippen LogP) is 2.18. The zero-order chi connectivity index (χ0) is 16.9. The van der Waals surface area contributed by atoms with Gasteiger partial charge < -0.3 is 10.6 Å². The molecular weight excluding hydrogens is 300 g/mol. The fourth-order valence-corrected chi connectivity index (χ4v) is 2.91. The number of carbonyl (C=O) groups excluding carboxylic acids is 1. The number of anilines is 3. The van der Waals surface area contributed by atoms with Crippen molar-refractivity contribution in [2.45, 2.75) is 0 Å². The molecule has 0 atom stereocenters. The molecule has 0 bridgehead atoms. The number of nitrogen functional groups attached to an aromatic ring is 1. The summed E-state index contributed by atoms with van der Waals surface area (Å²) in [6.45, 7) is 4.27. The number of carbonyl (C=O) groups is 1. The van der Waals surface area contributed by atoms with Crippen molar-refractivity contribution in [3.63, 3.8) is 0 Å². The fraction of sp³-hybridized carbons (Fsp3) is 0.316. The number of piperazine rings is 1. The molecule has 1 aliphatic rings. The number of rotatable bonds is 4. The quantitative estimate of drug-likeness (QED) is 0.876. The maximum Gasteiger partial charge on any atom is 0.245 e. The highest BCUT2D eigenvalue weighted by atomic mass is 16.2. The first-order chi connectivity index (χ1) is 11.6. The number of hydrogen-bond donors (Lipinski definition) is 1. The number of para-hydroxylation sites is 1. The molecule has 0 aliphatic carbocycles. The van der Waals surface area contributed by atoms with Gasteiger partial charge in [-0.3, -0.25) is 14.6 Å². The average molecular weight is 324 g/mol. The lowest BCUT2D eigenvalue weighted by Gasteiger charge is -2.33. The molecule has 1 amide bonds. The lowest BCUT2D eigenvalue weighted by Crippen LogP contribution is -2.48. The van der Waals surface area contributed by atoms with Crippen LogP contribution in [-0.4, -0.2) is 55.5 Å². The van der Waals surface area contributed by atoms with E-state index >= 15 is 0 Å². The van der Waals surface area contributed by atoms with Crippen molar-refractivity contribution in [2.75, 3.05) is 50.4 Å². The first-order valence-electron chi connectivity index (χ1n) is 8.28. The first kappa shape index (κ1) is 16.5. The van der Waals surface area contributed by atoms with Gasteiger partial charge in [-0.05, 0) is 43.4 Å². The SMILES string of the molecule is CN1CCN(CC(=O)N(c2ccccc2)c2ccc(N)cc2)CC1. The Balaban J connectivity index is 1.81. The summed E-state index contributed by atoms with van der Waals surface area (Å²) >= 11 is 0. The molecule has 0 radical (unpaired) electrons. The Kier molecular flexibility index (Phi) is 5.13. The van der Waals surface area contributed by atoms with Crippen molar-refractivity contribution < 1.29 is 4.79 Å². The van der Waals surface area contributed by atoms with Gasteiger partial charge in [-0.15, -0.1) is 0 Å². The molecule has 0 spiro atoms. The molecule has 1 aliphatic heterocycles. The highest BCUT2D eigenvalue weighted by Crippen LogP contribution is 2.26. The number of hydrogen-bond acceptors (Lipinski definition) is 4. The summed E-state index contributed by atoms with van der Waals surface area (Å²) in [5, 5.41) is 0. The van der Waals surface area contributed by atoms with E-state index in [1.165, 1.54) is 0 Å². The summed E-state index contributed by atoms with van der Waals surface area (Å²) in [7, 11) is 2.11. The number of likely N-dealkylation sites (N-methyl/N-ethyl adjacent to an activating group) is 1. The number of amides is 1. The number of nitrogens with zero attached hydrogens (tertiary/aromatic N) is 3. The van der Waals surface area contributed by atoms with Crippen LogP contribution in [0.5, 0.6) is 0 Å². The van der Waals surface area contributed by atoms with Crippen molar-refractivity contribution in [3.05, 3.63) is 54.6 Å². The third-order valence-electron chi connectivity index (χ3n) is 4.37. The molecule has 3 rings (SSSR count). The largest absolute Gasteiger partial charge is 0.399 e. The predicted molar refractivity (Wildman–Crippen MR) is 98.4 cm³/mol. The molecule has 5 heteroatoms. The van der Waals surface area contributed by atoms with Crippen LogP contribution in [0.1, 0.15) is 0 Å². The van der Waals surface area contributed by atoms with Crippen molar-refractivity contribution in [3.8, 4) is 0 Å². The fourth-order valence-electron chi connectivity index (χ4n) is 2.91. The summed E-state index contributed by atoms with van der Waals surface area (Å²) in [5.74, 6) is 0.0792. The van der Waals surface area contributed by atoms with Crippen molar-refractivity contribution in [1.29, 1.82) is 0 Å². The normalized spacial score (nSPS) is 16.0. The summed E-state index contributed by atoms with van der Waals surface area (Å²) in [6, 6.07) is 17.2. The van der Waals surface area contributed by atoms with Crippen LogP contribution in [0.25, 0.3) is 0 Å². The third kappa shape index (κ3) is 3.93. The lowest BCUT2D eigenvalue weighted by atomic mass is 10.2. The van der Waals surface area contributed by atoms with E-state index in [0.717, 1.165) is 37.6 Å². The maximum absolute atomic E-state index is 13.0. The Morgan fingerprint density at radius 3 is 2.17 bits per heavy atom. The minimum absolute atomic E-state index is 0.0792. The van der Waals surface area contributed by atoms with Gasteiger partial charge in [-0.1, -0.05) is 18.2 Å². The third-order valence-corrected chi connectivity index (χ3v) is 4.37. The van der Waals surface area contributed by atoms with Crippen LogP contribution < -0.4 is 10.6 Å². The first-order valence-corrected chi connectivity index (χ1v) is 8.28. The van der Waals surface area contributed by atoms with Crippen LogP contribution in [0.15, 0.2) is 54.6 Å². The van der Waals surface area contributed by atoms with Crippen LogP contribution in [0, 0.1) is 0 Å². The molecule has 5 nitrogen and oxygen atoms in total.